The molecule has 0 radical (unpaired) electrons. The molecule has 5 heteroatoms. The number of amides is 1. The van der Waals surface area contributed by atoms with E-state index in [1.165, 1.54) is 0 Å². The third kappa shape index (κ3) is 3.35. The Morgan fingerprint density at radius 2 is 2.09 bits per heavy atom. The van der Waals surface area contributed by atoms with Gasteiger partial charge in [0.15, 0.2) is 11.5 Å². The number of rotatable bonds is 6. The summed E-state index contributed by atoms with van der Waals surface area (Å²) in [6.07, 6.45) is 3.61. The molecule has 122 valence electrons. The van der Waals surface area contributed by atoms with Crippen LogP contribution in [0, 0.1) is 0 Å². The van der Waals surface area contributed by atoms with Crippen LogP contribution in [0.25, 0.3) is 0 Å². The second kappa shape index (κ2) is 7.49. The highest BCUT2D eigenvalue weighted by molar-refractivity contribution is 5.82. The second-order valence-electron chi connectivity index (χ2n) is 5.70. The van der Waals surface area contributed by atoms with Crippen LogP contribution >= 0.6 is 0 Å². The molecule has 2 N–H and O–H groups in total. The van der Waals surface area contributed by atoms with E-state index in [1.54, 1.807) is 14.2 Å². The van der Waals surface area contributed by atoms with Gasteiger partial charge in [0.1, 0.15) is 0 Å². The third-order valence-electron chi connectivity index (χ3n) is 4.25. The molecule has 2 unspecified atom stereocenters. The van der Waals surface area contributed by atoms with Crippen LogP contribution < -0.4 is 15.2 Å². The molecule has 1 aromatic rings. The molecule has 22 heavy (non-hydrogen) atoms. The molecule has 2 atom stereocenters. The first kappa shape index (κ1) is 16.6. The van der Waals surface area contributed by atoms with E-state index >= 15 is 0 Å². The van der Waals surface area contributed by atoms with Crippen molar-refractivity contribution in [2.45, 2.75) is 44.7 Å². The second-order valence-corrected chi connectivity index (χ2v) is 5.70. The number of ether oxygens (including phenoxy) is 2. The summed E-state index contributed by atoms with van der Waals surface area (Å²) < 4.78 is 10.6. The minimum absolute atomic E-state index is 0.0548. The number of likely N-dealkylation sites (tertiary alicyclic amines) is 1. The Morgan fingerprint density at radius 1 is 1.36 bits per heavy atom. The van der Waals surface area contributed by atoms with Crippen molar-refractivity contribution in [3.8, 4) is 11.5 Å². The van der Waals surface area contributed by atoms with Gasteiger partial charge in [-0.25, -0.2) is 0 Å². The van der Waals surface area contributed by atoms with Crippen molar-refractivity contribution < 1.29 is 14.3 Å². The van der Waals surface area contributed by atoms with Gasteiger partial charge in [-0.1, -0.05) is 19.4 Å². The maximum Gasteiger partial charge on any atom is 0.239 e. The molecule has 2 rings (SSSR count). The molecule has 1 saturated heterocycles. The fourth-order valence-corrected chi connectivity index (χ4v) is 3.08. The normalized spacial score (nSPS) is 19.1. The predicted octanol–water partition coefficient (Wildman–Crippen LogP) is 2.49. The lowest BCUT2D eigenvalue weighted by atomic mass is 10.0. The fourth-order valence-electron chi connectivity index (χ4n) is 3.08. The maximum atomic E-state index is 12.5. The number of methoxy groups -OCH3 is 2. The number of benzene rings is 1. The largest absolute Gasteiger partial charge is 0.493 e. The zero-order valence-corrected chi connectivity index (χ0v) is 13.7. The standard InChI is InChI=1S/C17H26N2O3/c1-4-6-13(18)17(20)19-10-5-7-14(19)12-8-9-15(21-2)16(11-12)22-3/h8-9,11,13-14H,4-7,10,18H2,1-3H3. The van der Waals surface area contributed by atoms with Gasteiger partial charge in [-0.2, -0.15) is 0 Å². The van der Waals surface area contributed by atoms with Crippen LogP contribution in [0.15, 0.2) is 18.2 Å². The summed E-state index contributed by atoms with van der Waals surface area (Å²) in [5.74, 6) is 1.45. The number of hydrogen-bond acceptors (Lipinski definition) is 4. The van der Waals surface area contributed by atoms with Gasteiger partial charge in [-0.05, 0) is 37.0 Å². The van der Waals surface area contributed by atoms with Crippen LogP contribution in [0.5, 0.6) is 11.5 Å². The monoisotopic (exact) mass is 306 g/mol. The smallest absolute Gasteiger partial charge is 0.239 e. The Morgan fingerprint density at radius 3 is 2.73 bits per heavy atom. The van der Waals surface area contributed by atoms with Gasteiger partial charge in [0.05, 0.1) is 26.3 Å². The highest BCUT2D eigenvalue weighted by Gasteiger charge is 2.32. The molecule has 1 amide bonds. The van der Waals surface area contributed by atoms with Crippen LogP contribution in [0.2, 0.25) is 0 Å². The number of nitrogens with zero attached hydrogens (tertiary/aromatic N) is 1. The third-order valence-corrected chi connectivity index (χ3v) is 4.25. The van der Waals surface area contributed by atoms with Crippen molar-refractivity contribution in [2.24, 2.45) is 5.73 Å². The van der Waals surface area contributed by atoms with Crippen LogP contribution in [0.3, 0.4) is 0 Å². The Kier molecular flexibility index (Phi) is 5.66. The van der Waals surface area contributed by atoms with Gasteiger partial charge in [0, 0.05) is 6.54 Å². The molecule has 5 nitrogen and oxygen atoms in total. The maximum absolute atomic E-state index is 12.5. The summed E-state index contributed by atoms with van der Waals surface area (Å²) in [7, 11) is 3.24. The SMILES string of the molecule is CCCC(N)C(=O)N1CCCC1c1ccc(OC)c(OC)c1. The molecule has 0 spiro atoms. The Labute approximate surface area is 132 Å². The van der Waals surface area contributed by atoms with E-state index in [1.807, 2.05) is 30.0 Å². The van der Waals surface area contributed by atoms with Crippen molar-refractivity contribution in [3.63, 3.8) is 0 Å². The molecule has 1 aliphatic heterocycles. The molecule has 0 saturated carbocycles. The summed E-state index contributed by atoms with van der Waals surface area (Å²) in [4.78, 5) is 14.5. The summed E-state index contributed by atoms with van der Waals surface area (Å²) in [5, 5.41) is 0. The van der Waals surface area contributed by atoms with E-state index in [2.05, 4.69) is 0 Å². The number of hydrogen-bond donors (Lipinski definition) is 1. The van der Waals surface area contributed by atoms with E-state index in [4.69, 9.17) is 15.2 Å². The molecular weight excluding hydrogens is 280 g/mol. The van der Waals surface area contributed by atoms with Crippen molar-refractivity contribution >= 4 is 5.91 Å². The van der Waals surface area contributed by atoms with E-state index in [0.29, 0.717) is 11.5 Å². The van der Waals surface area contributed by atoms with Gasteiger partial charge in [-0.3, -0.25) is 4.79 Å². The topological polar surface area (TPSA) is 64.8 Å². The highest BCUT2D eigenvalue weighted by atomic mass is 16.5. The van der Waals surface area contributed by atoms with Gasteiger partial charge in [-0.15, -0.1) is 0 Å². The summed E-state index contributed by atoms with van der Waals surface area (Å²) in [6.45, 7) is 2.82. The molecule has 1 fully saturated rings. The molecular formula is C17H26N2O3. The number of carbonyl (C=O) groups is 1. The summed E-state index contributed by atoms with van der Waals surface area (Å²) in [6, 6.07) is 5.53. The fraction of sp³-hybridized carbons (Fsp3) is 0.588. The first-order valence-electron chi connectivity index (χ1n) is 7.90. The van der Waals surface area contributed by atoms with Gasteiger partial charge in [0.25, 0.3) is 0 Å². The lowest BCUT2D eigenvalue weighted by Crippen LogP contribution is -2.43. The van der Waals surface area contributed by atoms with Gasteiger partial charge >= 0.3 is 0 Å². The summed E-state index contributed by atoms with van der Waals surface area (Å²) >= 11 is 0. The minimum atomic E-state index is -0.397. The molecule has 1 aliphatic rings. The first-order chi connectivity index (χ1) is 10.6. The summed E-state index contributed by atoms with van der Waals surface area (Å²) in [5.41, 5.74) is 7.09. The van der Waals surface area contributed by atoms with Crippen molar-refractivity contribution in [3.05, 3.63) is 23.8 Å². The number of carbonyl (C=O) groups excluding carboxylic acids is 1. The average molecular weight is 306 g/mol. The zero-order chi connectivity index (χ0) is 16.1. The first-order valence-corrected chi connectivity index (χ1v) is 7.90. The Hall–Kier alpha value is -1.75. The lowest BCUT2D eigenvalue weighted by Gasteiger charge is -2.28. The molecule has 1 aromatic carbocycles. The molecule has 0 bridgehead atoms. The van der Waals surface area contributed by atoms with Gasteiger partial charge < -0.3 is 20.1 Å². The van der Waals surface area contributed by atoms with Crippen LogP contribution in [-0.4, -0.2) is 37.6 Å². The Balaban J connectivity index is 2.21. The van der Waals surface area contributed by atoms with Crippen LogP contribution in [-0.2, 0) is 4.79 Å². The lowest BCUT2D eigenvalue weighted by molar-refractivity contribution is -0.133. The quantitative estimate of drug-likeness (QED) is 0.877. The van der Waals surface area contributed by atoms with Crippen molar-refractivity contribution in [2.75, 3.05) is 20.8 Å². The molecule has 1 heterocycles. The predicted molar refractivity (Wildman–Crippen MR) is 86.1 cm³/mol. The van der Waals surface area contributed by atoms with Crippen molar-refractivity contribution in [1.82, 2.24) is 4.90 Å². The number of nitrogens with two attached hydrogens (primary N) is 1. The molecule has 0 aliphatic carbocycles. The van der Waals surface area contributed by atoms with Crippen LogP contribution in [0.1, 0.15) is 44.2 Å². The van der Waals surface area contributed by atoms with Crippen LogP contribution in [0.4, 0.5) is 0 Å². The zero-order valence-electron chi connectivity index (χ0n) is 13.7. The average Bonchev–Trinajstić information content (AvgIpc) is 3.03. The highest BCUT2D eigenvalue weighted by Crippen LogP contribution is 2.37. The molecule has 0 aromatic heterocycles. The van der Waals surface area contributed by atoms with E-state index < -0.39 is 6.04 Å². The Bertz CT molecular complexity index is 519. The minimum Gasteiger partial charge on any atom is -0.493 e. The van der Waals surface area contributed by atoms with E-state index in [9.17, 15) is 4.79 Å². The van der Waals surface area contributed by atoms with Gasteiger partial charge in [0.2, 0.25) is 5.91 Å². The van der Waals surface area contributed by atoms with Crippen molar-refractivity contribution in [1.29, 1.82) is 0 Å². The van der Waals surface area contributed by atoms with E-state index in [0.717, 1.165) is 37.8 Å². The van der Waals surface area contributed by atoms with E-state index in [-0.39, 0.29) is 11.9 Å².